The number of methoxy groups -OCH3 is 1. The number of fused-ring (bicyclic) bond motifs is 1. The molecule has 1 amide bonds. The van der Waals surface area contributed by atoms with Gasteiger partial charge in [0.2, 0.25) is 10.0 Å². The highest BCUT2D eigenvalue weighted by atomic mass is 32.2. The number of rotatable bonds is 5. The van der Waals surface area contributed by atoms with Gasteiger partial charge in [0.15, 0.2) is 0 Å². The summed E-state index contributed by atoms with van der Waals surface area (Å²) >= 11 is 1.36. The smallest absolute Gasteiger partial charge is 0.341 e. The molecule has 1 aromatic heterocycles. The molecule has 2 aliphatic rings. The molecule has 0 aliphatic carbocycles. The number of amides is 1. The summed E-state index contributed by atoms with van der Waals surface area (Å²) in [6.07, 6.45) is 2.48. The van der Waals surface area contributed by atoms with Crippen LogP contribution in [0.3, 0.4) is 0 Å². The number of nitrogens with zero attached hydrogens (tertiary/aromatic N) is 1. The molecule has 0 radical (unpaired) electrons. The maximum Gasteiger partial charge on any atom is 0.341 e. The molecule has 3 heterocycles. The first-order chi connectivity index (χ1) is 16.7. The van der Waals surface area contributed by atoms with Crippen LogP contribution in [-0.2, 0) is 26.7 Å². The lowest BCUT2D eigenvalue weighted by Gasteiger charge is -2.42. The van der Waals surface area contributed by atoms with Crippen LogP contribution in [0.15, 0.2) is 29.2 Å². The number of hydrogen-bond donors (Lipinski definition) is 2. The number of nitrogens with one attached hydrogen (secondary N) is 2. The van der Waals surface area contributed by atoms with Crippen molar-refractivity contribution in [2.45, 2.75) is 69.9 Å². The van der Waals surface area contributed by atoms with Gasteiger partial charge in [0, 0.05) is 34.6 Å². The number of sulfonamides is 1. The van der Waals surface area contributed by atoms with E-state index < -0.39 is 27.4 Å². The predicted octanol–water partition coefficient (Wildman–Crippen LogP) is 4.37. The summed E-state index contributed by atoms with van der Waals surface area (Å²) in [5.41, 5.74) is 0.936. The Morgan fingerprint density at radius 2 is 1.83 bits per heavy atom. The first-order valence-corrected chi connectivity index (χ1v) is 14.5. The Morgan fingerprint density at radius 1 is 1.17 bits per heavy atom. The van der Waals surface area contributed by atoms with E-state index in [0.29, 0.717) is 41.6 Å². The molecule has 2 N–H and O–H groups in total. The number of benzene rings is 1. The lowest BCUT2D eigenvalue weighted by Crippen LogP contribution is -2.55. The Balaban J connectivity index is 1.61. The zero-order valence-electron chi connectivity index (χ0n) is 21.7. The molecule has 1 atom stereocenters. The van der Waals surface area contributed by atoms with Gasteiger partial charge in [0.25, 0.3) is 5.91 Å². The Bertz CT molecular complexity index is 1280. The third-order valence-electron chi connectivity index (χ3n) is 6.83. The summed E-state index contributed by atoms with van der Waals surface area (Å²) in [7, 11) is -2.28. The van der Waals surface area contributed by atoms with Crippen molar-refractivity contribution in [1.29, 1.82) is 0 Å². The minimum absolute atomic E-state index is 0.171. The molecule has 0 saturated carbocycles. The fourth-order valence-corrected chi connectivity index (χ4v) is 8.26. The molecule has 1 saturated heterocycles. The molecule has 0 spiro atoms. The van der Waals surface area contributed by atoms with Crippen LogP contribution in [0.4, 0.5) is 5.00 Å². The zero-order valence-corrected chi connectivity index (χ0v) is 23.4. The van der Waals surface area contributed by atoms with Crippen molar-refractivity contribution < 1.29 is 22.7 Å². The van der Waals surface area contributed by atoms with Crippen LogP contribution < -0.4 is 10.6 Å². The SMILES string of the molecule is COC(=O)c1c(NC(=O)c2ccc(S(=O)(=O)N3CCC[C@H](C)C3)cc2)sc2c1CC(C)(C)NC2(C)C. The van der Waals surface area contributed by atoms with E-state index in [2.05, 4.69) is 45.3 Å². The molecule has 36 heavy (non-hydrogen) atoms. The highest BCUT2D eigenvalue weighted by Crippen LogP contribution is 2.45. The van der Waals surface area contributed by atoms with Crippen LogP contribution >= 0.6 is 11.3 Å². The first-order valence-electron chi connectivity index (χ1n) is 12.2. The van der Waals surface area contributed by atoms with Crippen molar-refractivity contribution in [2.24, 2.45) is 5.92 Å². The summed E-state index contributed by atoms with van der Waals surface area (Å²) in [5, 5.41) is 6.92. The first kappa shape index (κ1) is 26.8. The molecule has 196 valence electrons. The highest BCUT2D eigenvalue weighted by molar-refractivity contribution is 7.89. The molecular weight excluding hydrogens is 498 g/mol. The van der Waals surface area contributed by atoms with Crippen molar-refractivity contribution >= 4 is 38.2 Å². The topological polar surface area (TPSA) is 105 Å². The minimum atomic E-state index is -3.61. The van der Waals surface area contributed by atoms with E-state index in [0.717, 1.165) is 23.3 Å². The van der Waals surface area contributed by atoms with Gasteiger partial charge in [-0.25, -0.2) is 13.2 Å². The Morgan fingerprint density at radius 3 is 2.44 bits per heavy atom. The largest absolute Gasteiger partial charge is 0.465 e. The molecular formula is C26H35N3O5S2. The van der Waals surface area contributed by atoms with E-state index in [4.69, 9.17) is 4.74 Å². The standard InChI is InChI=1S/C26H35N3O5S2/c1-16-8-7-13-29(15-16)36(32,33)18-11-9-17(10-12-18)22(30)27-23-20(24(31)34-6)19-14-25(2,3)28-26(4,5)21(19)35-23/h9-12,16,28H,7-8,13-15H2,1-6H3,(H,27,30)/t16-/m0/s1. The van der Waals surface area contributed by atoms with Crippen LogP contribution in [0, 0.1) is 5.92 Å². The van der Waals surface area contributed by atoms with Gasteiger partial charge in [0.05, 0.1) is 17.6 Å². The third-order valence-corrected chi connectivity index (χ3v) is 10.2. The average Bonchev–Trinajstić information content (AvgIpc) is 3.15. The lowest BCUT2D eigenvalue weighted by molar-refractivity contribution is 0.0600. The monoisotopic (exact) mass is 533 g/mol. The van der Waals surface area contributed by atoms with Crippen molar-refractivity contribution in [1.82, 2.24) is 9.62 Å². The van der Waals surface area contributed by atoms with E-state index in [-0.39, 0.29) is 10.4 Å². The predicted molar refractivity (Wildman–Crippen MR) is 141 cm³/mol. The number of carbonyl (C=O) groups excluding carboxylic acids is 2. The minimum Gasteiger partial charge on any atom is -0.465 e. The quantitative estimate of drug-likeness (QED) is 0.553. The number of piperidine rings is 1. The van der Waals surface area contributed by atoms with E-state index in [1.54, 1.807) is 0 Å². The summed E-state index contributed by atoms with van der Waals surface area (Å²) < 4.78 is 32.7. The van der Waals surface area contributed by atoms with Gasteiger partial charge in [-0.2, -0.15) is 4.31 Å². The van der Waals surface area contributed by atoms with Crippen LogP contribution in [-0.4, -0.2) is 50.3 Å². The molecule has 0 unspecified atom stereocenters. The number of carbonyl (C=O) groups is 2. The van der Waals surface area contributed by atoms with Crippen LogP contribution in [0.1, 0.15) is 78.6 Å². The van der Waals surface area contributed by atoms with E-state index >= 15 is 0 Å². The van der Waals surface area contributed by atoms with Gasteiger partial charge in [-0.1, -0.05) is 6.92 Å². The van der Waals surface area contributed by atoms with Gasteiger partial charge in [0.1, 0.15) is 5.00 Å². The normalized spacial score (nSPS) is 21.4. The molecule has 10 heteroatoms. The maximum atomic E-state index is 13.2. The van der Waals surface area contributed by atoms with Gasteiger partial charge in [-0.05, 0) is 82.7 Å². The van der Waals surface area contributed by atoms with E-state index in [1.807, 2.05) is 0 Å². The lowest BCUT2D eigenvalue weighted by atomic mass is 9.81. The summed E-state index contributed by atoms with van der Waals surface area (Å²) in [6, 6.07) is 5.96. The highest BCUT2D eigenvalue weighted by Gasteiger charge is 2.42. The van der Waals surface area contributed by atoms with Crippen LogP contribution in [0.25, 0.3) is 0 Å². The molecule has 2 aromatic rings. The Hall–Kier alpha value is -2.27. The number of esters is 1. The Kier molecular flexibility index (Phi) is 7.11. The summed E-state index contributed by atoms with van der Waals surface area (Å²) in [4.78, 5) is 27.1. The second-order valence-corrected chi connectivity index (χ2v) is 14.0. The molecule has 1 aromatic carbocycles. The molecule has 1 fully saturated rings. The molecule has 2 aliphatic heterocycles. The van der Waals surface area contributed by atoms with Crippen LogP contribution in [0.5, 0.6) is 0 Å². The number of thiophene rings is 1. The van der Waals surface area contributed by atoms with E-state index in [9.17, 15) is 18.0 Å². The molecule has 8 nitrogen and oxygen atoms in total. The number of anilines is 1. The van der Waals surface area contributed by atoms with E-state index in [1.165, 1.54) is 47.0 Å². The van der Waals surface area contributed by atoms with Crippen molar-refractivity contribution in [3.8, 4) is 0 Å². The fourth-order valence-electron chi connectivity index (χ4n) is 5.40. The second-order valence-electron chi connectivity index (χ2n) is 11.0. The van der Waals surface area contributed by atoms with Gasteiger partial charge in [-0.3, -0.25) is 4.79 Å². The van der Waals surface area contributed by atoms with Gasteiger partial charge < -0.3 is 15.4 Å². The maximum absolute atomic E-state index is 13.2. The van der Waals surface area contributed by atoms with Gasteiger partial charge >= 0.3 is 5.97 Å². The van der Waals surface area contributed by atoms with Crippen molar-refractivity contribution in [2.75, 3.05) is 25.5 Å². The van der Waals surface area contributed by atoms with Gasteiger partial charge in [-0.15, -0.1) is 11.3 Å². The number of hydrogen-bond acceptors (Lipinski definition) is 7. The zero-order chi connectivity index (χ0) is 26.5. The average molecular weight is 534 g/mol. The molecule has 4 rings (SSSR count). The Labute approximate surface area is 217 Å². The number of ether oxygens (including phenoxy) is 1. The van der Waals surface area contributed by atoms with Crippen molar-refractivity contribution in [3.63, 3.8) is 0 Å². The second kappa shape index (κ2) is 9.55. The summed E-state index contributed by atoms with van der Waals surface area (Å²) in [5.74, 6) is -0.585. The van der Waals surface area contributed by atoms with Crippen LogP contribution in [0.2, 0.25) is 0 Å². The summed E-state index contributed by atoms with van der Waals surface area (Å²) in [6.45, 7) is 11.3. The molecule has 0 bridgehead atoms. The fraction of sp³-hybridized carbons (Fsp3) is 0.538. The third kappa shape index (κ3) is 5.09. The van der Waals surface area contributed by atoms with Crippen molar-refractivity contribution in [3.05, 3.63) is 45.8 Å².